The number of nitrogens with zero attached hydrogens (tertiary/aromatic N) is 2. The highest BCUT2D eigenvalue weighted by molar-refractivity contribution is 5.76. The van der Waals surface area contributed by atoms with E-state index in [1.807, 2.05) is 13.8 Å². The maximum Gasteiger partial charge on any atom is 0.220 e. The second-order valence-electron chi connectivity index (χ2n) is 5.60. The molecule has 0 aromatic carbocycles. The van der Waals surface area contributed by atoms with Gasteiger partial charge in [-0.2, -0.15) is 0 Å². The summed E-state index contributed by atoms with van der Waals surface area (Å²) in [6, 6.07) is 0. The van der Waals surface area contributed by atoms with Gasteiger partial charge in [-0.1, -0.05) is 5.16 Å². The van der Waals surface area contributed by atoms with Crippen LogP contribution in [0.4, 0.5) is 0 Å². The summed E-state index contributed by atoms with van der Waals surface area (Å²) < 4.78 is 5.10. The highest BCUT2D eigenvalue weighted by Crippen LogP contribution is 2.14. The maximum atomic E-state index is 11.8. The Bertz CT molecular complexity index is 433. The Morgan fingerprint density at radius 2 is 2.14 bits per heavy atom. The molecule has 1 aliphatic heterocycles. The van der Waals surface area contributed by atoms with Crippen LogP contribution in [0.2, 0.25) is 0 Å². The number of hydrogen-bond acceptors (Lipinski definition) is 5. The van der Waals surface area contributed by atoms with Crippen LogP contribution in [0.3, 0.4) is 0 Å². The van der Waals surface area contributed by atoms with Gasteiger partial charge in [0.2, 0.25) is 5.91 Å². The summed E-state index contributed by atoms with van der Waals surface area (Å²) in [5.41, 5.74) is 1.95. The van der Waals surface area contributed by atoms with E-state index in [0.717, 1.165) is 62.7 Å². The van der Waals surface area contributed by atoms with Gasteiger partial charge in [-0.15, -0.1) is 0 Å². The normalized spacial score (nSPS) is 16.1. The highest BCUT2D eigenvalue weighted by Gasteiger charge is 2.11. The molecule has 0 unspecified atom stereocenters. The van der Waals surface area contributed by atoms with Gasteiger partial charge in [0, 0.05) is 44.7 Å². The molecule has 1 aromatic heterocycles. The number of aryl methyl sites for hydroxylation is 2. The number of carbonyl (C=O) groups is 1. The quantitative estimate of drug-likeness (QED) is 0.722. The van der Waals surface area contributed by atoms with Crippen molar-refractivity contribution in [2.24, 2.45) is 0 Å². The van der Waals surface area contributed by atoms with Crippen molar-refractivity contribution >= 4 is 5.91 Å². The fourth-order valence-corrected chi connectivity index (χ4v) is 2.65. The third-order valence-electron chi connectivity index (χ3n) is 3.97. The highest BCUT2D eigenvalue weighted by atomic mass is 16.5. The minimum Gasteiger partial charge on any atom is -0.361 e. The summed E-state index contributed by atoms with van der Waals surface area (Å²) >= 11 is 0. The Labute approximate surface area is 126 Å². The second-order valence-corrected chi connectivity index (χ2v) is 5.60. The first kappa shape index (κ1) is 16.0. The zero-order valence-corrected chi connectivity index (χ0v) is 13.1. The van der Waals surface area contributed by atoms with Crippen molar-refractivity contribution in [3.8, 4) is 0 Å². The van der Waals surface area contributed by atoms with E-state index in [1.54, 1.807) is 0 Å². The van der Waals surface area contributed by atoms with Crippen molar-refractivity contribution in [1.29, 1.82) is 0 Å². The maximum absolute atomic E-state index is 11.8. The fraction of sp³-hybridized carbons (Fsp3) is 0.733. The van der Waals surface area contributed by atoms with Crippen LogP contribution in [-0.4, -0.2) is 55.2 Å². The van der Waals surface area contributed by atoms with Gasteiger partial charge < -0.3 is 20.1 Å². The smallest absolute Gasteiger partial charge is 0.220 e. The molecule has 1 aromatic rings. The first-order chi connectivity index (χ1) is 10.2. The molecule has 2 rings (SSSR count). The average Bonchev–Trinajstić information content (AvgIpc) is 2.81. The van der Waals surface area contributed by atoms with Crippen LogP contribution in [0, 0.1) is 13.8 Å². The summed E-state index contributed by atoms with van der Waals surface area (Å²) in [6.45, 7) is 9.99. The zero-order chi connectivity index (χ0) is 15.1. The van der Waals surface area contributed by atoms with E-state index in [-0.39, 0.29) is 5.91 Å². The van der Waals surface area contributed by atoms with Gasteiger partial charge in [0.05, 0.1) is 5.69 Å². The Balaban J connectivity index is 1.57. The van der Waals surface area contributed by atoms with Gasteiger partial charge in [-0.05, 0) is 33.2 Å². The Morgan fingerprint density at radius 1 is 1.38 bits per heavy atom. The largest absolute Gasteiger partial charge is 0.361 e. The average molecular weight is 294 g/mol. The third-order valence-corrected chi connectivity index (χ3v) is 3.97. The lowest BCUT2D eigenvalue weighted by Gasteiger charge is -2.27. The summed E-state index contributed by atoms with van der Waals surface area (Å²) in [7, 11) is 0. The van der Waals surface area contributed by atoms with E-state index < -0.39 is 0 Å². The number of nitrogens with one attached hydrogen (secondary N) is 2. The van der Waals surface area contributed by atoms with Crippen molar-refractivity contribution in [3.05, 3.63) is 17.0 Å². The van der Waals surface area contributed by atoms with Crippen LogP contribution in [0.5, 0.6) is 0 Å². The molecule has 0 saturated carbocycles. The molecule has 0 atom stereocenters. The molecule has 1 saturated heterocycles. The minimum absolute atomic E-state index is 0.107. The molecule has 21 heavy (non-hydrogen) atoms. The van der Waals surface area contributed by atoms with Gasteiger partial charge in [-0.3, -0.25) is 4.79 Å². The summed E-state index contributed by atoms with van der Waals surface area (Å²) in [5, 5.41) is 10.2. The molecular formula is C15H26N4O2. The number of hydrogen-bond donors (Lipinski definition) is 2. The number of rotatable bonds is 7. The van der Waals surface area contributed by atoms with Crippen LogP contribution in [0.15, 0.2) is 4.52 Å². The monoisotopic (exact) mass is 294 g/mol. The van der Waals surface area contributed by atoms with Gasteiger partial charge in [-0.25, -0.2) is 0 Å². The summed E-state index contributed by atoms with van der Waals surface area (Å²) in [4.78, 5) is 14.3. The van der Waals surface area contributed by atoms with Gasteiger partial charge in [0.15, 0.2) is 0 Å². The van der Waals surface area contributed by atoms with Gasteiger partial charge >= 0.3 is 0 Å². The van der Waals surface area contributed by atoms with Crippen molar-refractivity contribution in [2.45, 2.75) is 33.1 Å². The molecular weight excluding hydrogens is 268 g/mol. The van der Waals surface area contributed by atoms with Crippen LogP contribution >= 0.6 is 0 Å². The van der Waals surface area contributed by atoms with E-state index in [4.69, 9.17) is 4.52 Å². The third kappa shape index (κ3) is 5.13. The summed E-state index contributed by atoms with van der Waals surface area (Å²) in [5.74, 6) is 0.925. The lowest BCUT2D eigenvalue weighted by Crippen LogP contribution is -2.44. The molecule has 1 aliphatic rings. The molecule has 1 fully saturated rings. The van der Waals surface area contributed by atoms with E-state index in [1.165, 1.54) is 0 Å². The van der Waals surface area contributed by atoms with Crippen LogP contribution in [0.25, 0.3) is 0 Å². The first-order valence-electron chi connectivity index (χ1n) is 7.78. The molecule has 6 heteroatoms. The molecule has 0 radical (unpaired) electrons. The van der Waals surface area contributed by atoms with E-state index in [2.05, 4.69) is 20.7 Å². The fourth-order valence-electron chi connectivity index (χ4n) is 2.65. The van der Waals surface area contributed by atoms with E-state index in [0.29, 0.717) is 12.8 Å². The van der Waals surface area contributed by atoms with Crippen molar-refractivity contribution in [1.82, 2.24) is 20.7 Å². The molecule has 6 nitrogen and oxygen atoms in total. The summed E-state index contributed by atoms with van der Waals surface area (Å²) in [6.07, 6.45) is 2.21. The standard InChI is InChI=1S/C15H26N4O2/c1-12-14(13(2)21-18-12)4-5-15(20)17-6-3-9-19-10-7-16-8-11-19/h16H,3-11H2,1-2H3,(H,17,20). The number of piperazine rings is 1. The van der Waals surface area contributed by atoms with Crippen LogP contribution < -0.4 is 10.6 Å². The van der Waals surface area contributed by atoms with Crippen molar-refractivity contribution < 1.29 is 9.32 Å². The Hall–Kier alpha value is -1.40. The minimum atomic E-state index is 0.107. The predicted octanol–water partition coefficient (Wildman–Crippen LogP) is 0.636. The van der Waals surface area contributed by atoms with Gasteiger partial charge in [0.1, 0.15) is 5.76 Å². The molecule has 0 spiro atoms. The Kier molecular flexibility index (Phi) is 6.20. The van der Waals surface area contributed by atoms with E-state index >= 15 is 0 Å². The van der Waals surface area contributed by atoms with Crippen LogP contribution in [0.1, 0.15) is 29.9 Å². The molecule has 118 valence electrons. The van der Waals surface area contributed by atoms with Gasteiger partial charge in [0.25, 0.3) is 0 Å². The molecule has 2 heterocycles. The lowest BCUT2D eigenvalue weighted by molar-refractivity contribution is -0.121. The van der Waals surface area contributed by atoms with Crippen molar-refractivity contribution in [2.75, 3.05) is 39.3 Å². The predicted molar refractivity (Wildman–Crippen MR) is 81.2 cm³/mol. The Morgan fingerprint density at radius 3 is 2.81 bits per heavy atom. The number of aromatic nitrogens is 1. The molecule has 0 bridgehead atoms. The first-order valence-corrected chi connectivity index (χ1v) is 7.78. The molecule has 2 N–H and O–H groups in total. The topological polar surface area (TPSA) is 70.4 Å². The van der Waals surface area contributed by atoms with Crippen molar-refractivity contribution in [3.63, 3.8) is 0 Å². The SMILES string of the molecule is Cc1noc(C)c1CCC(=O)NCCCN1CCNCC1. The molecule has 1 amide bonds. The molecule has 0 aliphatic carbocycles. The second kappa shape index (κ2) is 8.14. The lowest BCUT2D eigenvalue weighted by atomic mass is 10.1. The number of carbonyl (C=O) groups excluding carboxylic acids is 1. The number of amides is 1. The van der Waals surface area contributed by atoms with Crippen LogP contribution in [-0.2, 0) is 11.2 Å². The zero-order valence-electron chi connectivity index (χ0n) is 13.1. The van der Waals surface area contributed by atoms with E-state index in [9.17, 15) is 4.79 Å².